The zero-order chi connectivity index (χ0) is 13.8. The molecule has 1 aromatic carbocycles. The molecule has 0 aliphatic carbocycles. The van der Waals surface area contributed by atoms with Crippen molar-refractivity contribution in [2.45, 2.75) is 38.8 Å². The van der Waals surface area contributed by atoms with E-state index < -0.39 is 5.54 Å². The predicted molar refractivity (Wildman–Crippen MR) is 73.7 cm³/mol. The second kappa shape index (κ2) is 6.21. The second-order valence-corrected chi connectivity index (χ2v) is 5.00. The lowest BCUT2D eigenvalue weighted by Crippen LogP contribution is -2.52. The Morgan fingerprint density at radius 2 is 2.17 bits per heavy atom. The third kappa shape index (κ3) is 3.03. The molecule has 0 spiro atoms. The fourth-order valence-corrected chi connectivity index (χ4v) is 2.32. The van der Waals surface area contributed by atoms with Gasteiger partial charge in [-0.15, -0.1) is 0 Å². The molecule has 0 aliphatic heterocycles. The lowest BCUT2D eigenvalue weighted by atomic mass is 9.86. The molecule has 0 saturated heterocycles. The van der Waals surface area contributed by atoms with Crippen molar-refractivity contribution in [2.24, 2.45) is 0 Å². The van der Waals surface area contributed by atoms with Crippen LogP contribution in [-0.2, 0) is 15.1 Å². The van der Waals surface area contributed by atoms with Crippen molar-refractivity contribution >= 4 is 17.6 Å². The number of hydrogen-bond acceptors (Lipinski definition) is 3. The molecule has 100 valence electrons. The zero-order valence-corrected chi connectivity index (χ0v) is 12.0. The highest BCUT2D eigenvalue weighted by molar-refractivity contribution is 6.30. The summed E-state index contributed by atoms with van der Waals surface area (Å²) < 4.78 is 4.96. The Hall–Kier alpha value is -1.06. The maximum absolute atomic E-state index is 12.2. The molecule has 1 atom stereocenters. The number of ether oxygens (including phenoxy) is 1. The van der Waals surface area contributed by atoms with Gasteiger partial charge in [0, 0.05) is 11.1 Å². The lowest BCUT2D eigenvalue weighted by molar-refractivity contribution is -0.149. The smallest absolute Gasteiger partial charge is 0.330 e. The minimum Gasteiger partial charge on any atom is -0.467 e. The minimum atomic E-state index is -0.839. The van der Waals surface area contributed by atoms with Crippen LogP contribution in [0.4, 0.5) is 0 Å². The van der Waals surface area contributed by atoms with E-state index in [1.807, 2.05) is 32.9 Å². The summed E-state index contributed by atoms with van der Waals surface area (Å²) >= 11 is 6.01. The summed E-state index contributed by atoms with van der Waals surface area (Å²) in [5.74, 6) is -0.291. The van der Waals surface area contributed by atoms with Crippen LogP contribution in [0.2, 0.25) is 5.02 Å². The summed E-state index contributed by atoms with van der Waals surface area (Å²) in [6.07, 6.45) is 0.595. The highest BCUT2D eigenvalue weighted by atomic mass is 35.5. The monoisotopic (exact) mass is 269 g/mol. The van der Waals surface area contributed by atoms with Crippen LogP contribution in [0, 0.1) is 0 Å². The van der Waals surface area contributed by atoms with Crippen molar-refractivity contribution in [2.75, 3.05) is 7.11 Å². The largest absolute Gasteiger partial charge is 0.467 e. The van der Waals surface area contributed by atoms with Gasteiger partial charge in [0.2, 0.25) is 0 Å². The van der Waals surface area contributed by atoms with Crippen LogP contribution in [0.15, 0.2) is 24.3 Å². The highest BCUT2D eigenvalue weighted by Gasteiger charge is 2.40. The number of nitrogens with one attached hydrogen (secondary N) is 1. The summed E-state index contributed by atoms with van der Waals surface area (Å²) in [6.45, 7) is 5.95. The first-order valence-corrected chi connectivity index (χ1v) is 6.46. The molecule has 0 aromatic heterocycles. The maximum Gasteiger partial charge on any atom is 0.330 e. The molecule has 1 N–H and O–H groups in total. The zero-order valence-electron chi connectivity index (χ0n) is 11.3. The highest BCUT2D eigenvalue weighted by Crippen LogP contribution is 2.29. The second-order valence-electron chi connectivity index (χ2n) is 4.56. The van der Waals surface area contributed by atoms with E-state index in [9.17, 15) is 4.79 Å². The number of halogens is 1. The number of rotatable bonds is 5. The topological polar surface area (TPSA) is 38.3 Å². The summed E-state index contributed by atoms with van der Waals surface area (Å²) in [5.41, 5.74) is -0.00794. The normalized spacial score (nSPS) is 14.3. The van der Waals surface area contributed by atoms with Gasteiger partial charge in [-0.2, -0.15) is 0 Å². The SMILES string of the molecule is CCC(NC(C)C)(C(=O)OC)c1cccc(Cl)c1. The molecule has 1 aromatic rings. The number of carbonyl (C=O) groups is 1. The number of methoxy groups -OCH3 is 1. The van der Waals surface area contributed by atoms with Crippen molar-refractivity contribution in [3.63, 3.8) is 0 Å². The van der Waals surface area contributed by atoms with Crippen molar-refractivity contribution in [3.05, 3.63) is 34.9 Å². The van der Waals surface area contributed by atoms with Gasteiger partial charge in [-0.1, -0.05) is 30.7 Å². The first-order valence-electron chi connectivity index (χ1n) is 6.08. The predicted octanol–water partition coefficient (Wildman–Crippen LogP) is 3.12. The fraction of sp³-hybridized carbons (Fsp3) is 0.500. The van der Waals surface area contributed by atoms with Crippen LogP contribution >= 0.6 is 11.6 Å². The van der Waals surface area contributed by atoms with Crippen molar-refractivity contribution < 1.29 is 9.53 Å². The fourth-order valence-electron chi connectivity index (χ4n) is 2.13. The maximum atomic E-state index is 12.2. The van der Waals surface area contributed by atoms with Crippen LogP contribution in [0.25, 0.3) is 0 Å². The van der Waals surface area contributed by atoms with Gasteiger partial charge in [-0.3, -0.25) is 5.32 Å². The van der Waals surface area contributed by atoms with Crippen molar-refractivity contribution in [1.82, 2.24) is 5.32 Å². The van der Waals surface area contributed by atoms with E-state index in [-0.39, 0.29) is 12.0 Å². The van der Waals surface area contributed by atoms with E-state index in [2.05, 4.69) is 5.32 Å². The van der Waals surface area contributed by atoms with E-state index in [1.54, 1.807) is 12.1 Å². The number of esters is 1. The van der Waals surface area contributed by atoms with E-state index in [0.717, 1.165) is 5.56 Å². The molecule has 4 heteroatoms. The quantitative estimate of drug-likeness (QED) is 0.835. The Morgan fingerprint density at radius 3 is 2.61 bits per heavy atom. The average molecular weight is 270 g/mol. The molecule has 0 saturated carbocycles. The van der Waals surface area contributed by atoms with Gasteiger partial charge in [0.25, 0.3) is 0 Å². The molecule has 0 fully saturated rings. The summed E-state index contributed by atoms with van der Waals surface area (Å²) in [5, 5.41) is 3.91. The van der Waals surface area contributed by atoms with Crippen LogP contribution in [0.1, 0.15) is 32.8 Å². The van der Waals surface area contributed by atoms with Crippen LogP contribution in [0.5, 0.6) is 0 Å². The molecule has 3 nitrogen and oxygen atoms in total. The van der Waals surface area contributed by atoms with Crippen molar-refractivity contribution in [3.8, 4) is 0 Å². The van der Waals surface area contributed by atoms with Gasteiger partial charge in [-0.05, 0) is 38.0 Å². The van der Waals surface area contributed by atoms with Gasteiger partial charge in [0.05, 0.1) is 7.11 Å². The molecular formula is C14H20ClNO2. The Morgan fingerprint density at radius 1 is 1.50 bits per heavy atom. The molecule has 0 amide bonds. The summed E-state index contributed by atoms with van der Waals surface area (Å²) in [6, 6.07) is 7.48. The summed E-state index contributed by atoms with van der Waals surface area (Å²) in [7, 11) is 1.40. The molecule has 0 bridgehead atoms. The van der Waals surface area contributed by atoms with Gasteiger partial charge in [-0.25, -0.2) is 4.79 Å². The molecule has 18 heavy (non-hydrogen) atoms. The Kier molecular flexibility index (Phi) is 5.17. The van der Waals surface area contributed by atoms with E-state index in [1.165, 1.54) is 7.11 Å². The third-order valence-electron chi connectivity index (χ3n) is 2.92. The first kappa shape index (κ1) is 15.0. The van der Waals surface area contributed by atoms with Gasteiger partial charge >= 0.3 is 5.97 Å². The summed E-state index contributed by atoms with van der Waals surface area (Å²) in [4.78, 5) is 12.2. The third-order valence-corrected chi connectivity index (χ3v) is 3.15. The van der Waals surface area contributed by atoms with Gasteiger partial charge in [0.1, 0.15) is 5.54 Å². The molecule has 1 unspecified atom stereocenters. The lowest BCUT2D eigenvalue weighted by Gasteiger charge is -2.33. The molecule has 1 rings (SSSR count). The van der Waals surface area contributed by atoms with Gasteiger partial charge in [0.15, 0.2) is 0 Å². The van der Waals surface area contributed by atoms with E-state index in [0.29, 0.717) is 11.4 Å². The van der Waals surface area contributed by atoms with Crippen LogP contribution < -0.4 is 5.32 Å². The Bertz CT molecular complexity index is 420. The van der Waals surface area contributed by atoms with E-state index in [4.69, 9.17) is 16.3 Å². The van der Waals surface area contributed by atoms with E-state index >= 15 is 0 Å². The minimum absolute atomic E-state index is 0.156. The molecule has 0 radical (unpaired) electrons. The molecular weight excluding hydrogens is 250 g/mol. The van der Waals surface area contributed by atoms with Gasteiger partial charge < -0.3 is 4.74 Å². The Balaban J connectivity index is 3.29. The molecule has 0 heterocycles. The Labute approximate surface area is 113 Å². The molecule has 0 aliphatic rings. The number of benzene rings is 1. The van der Waals surface area contributed by atoms with Crippen molar-refractivity contribution in [1.29, 1.82) is 0 Å². The first-order chi connectivity index (χ1) is 8.46. The van der Waals surface area contributed by atoms with Crippen LogP contribution in [0.3, 0.4) is 0 Å². The number of hydrogen-bond donors (Lipinski definition) is 1. The average Bonchev–Trinajstić information content (AvgIpc) is 2.34. The number of carbonyl (C=O) groups excluding carboxylic acids is 1. The van der Waals surface area contributed by atoms with Crippen LogP contribution in [-0.4, -0.2) is 19.1 Å². The standard InChI is InChI=1S/C14H20ClNO2/c1-5-14(13(17)18-4,16-10(2)3)11-7-6-8-12(15)9-11/h6-10,16H,5H2,1-4H3.